The molecule has 128 valence electrons. The van der Waals surface area contributed by atoms with Crippen molar-refractivity contribution in [3.8, 4) is 0 Å². The van der Waals surface area contributed by atoms with E-state index in [2.05, 4.69) is 25.9 Å². The van der Waals surface area contributed by atoms with E-state index < -0.39 is 0 Å². The second-order valence-corrected chi connectivity index (χ2v) is 8.15. The Balaban J connectivity index is 1.75. The highest BCUT2D eigenvalue weighted by molar-refractivity contribution is 9.10. The Kier molecular flexibility index (Phi) is 5.01. The predicted molar refractivity (Wildman–Crippen MR) is 113 cm³/mol. The highest BCUT2D eigenvalue weighted by atomic mass is 79.9. The molecule has 0 atom stereocenters. The molecule has 0 spiro atoms. The first-order valence-corrected chi connectivity index (χ1v) is 10.2. The molecule has 0 unspecified atom stereocenters. The molecule has 4 rings (SSSR count). The summed E-state index contributed by atoms with van der Waals surface area (Å²) in [6, 6.07) is 17.4. The summed E-state index contributed by atoms with van der Waals surface area (Å²) in [6.45, 7) is 0. The van der Waals surface area contributed by atoms with Crippen LogP contribution in [0, 0.1) is 0 Å². The summed E-state index contributed by atoms with van der Waals surface area (Å²) in [5, 5.41) is 3.11. The highest BCUT2D eigenvalue weighted by Crippen LogP contribution is 2.37. The number of amides is 1. The monoisotopic (exact) mass is 441 g/mol. The Morgan fingerprint density at radius 3 is 2.54 bits per heavy atom. The number of aliphatic imine (C=N–C) groups is 1. The van der Waals surface area contributed by atoms with Crippen LogP contribution in [-0.4, -0.2) is 16.1 Å². The van der Waals surface area contributed by atoms with E-state index in [-0.39, 0.29) is 5.91 Å². The fraction of sp³-hybridized carbons (Fsp3) is 0. The average molecular weight is 442 g/mol. The summed E-state index contributed by atoms with van der Waals surface area (Å²) in [7, 11) is 0. The van der Waals surface area contributed by atoms with Crippen LogP contribution in [0.2, 0.25) is 0 Å². The molecule has 1 fully saturated rings. The first-order valence-electron chi connectivity index (χ1n) is 7.73. The molecule has 1 aliphatic rings. The number of aromatic nitrogens is 1. The van der Waals surface area contributed by atoms with Crippen LogP contribution in [0.25, 0.3) is 6.08 Å². The third-order valence-corrected chi connectivity index (χ3v) is 5.76. The van der Waals surface area contributed by atoms with E-state index >= 15 is 0 Å². The molecule has 2 heterocycles. The number of amidine groups is 1. The summed E-state index contributed by atoms with van der Waals surface area (Å²) < 4.78 is 1.00. The molecule has 3 aromatic rings. The molecular weight excluding hydrogens is 430 g/mol. The minimum atomic E-state index is -0.0839. The number of anilines is 1. The second-order valence-electron chi connectivity index (χ2n) is 5.35. The summed E-state index contributed by atoms with van der Waals surface area (Å²) in [6.07, 6.45) is 3.59. The lowest BCUT2D eigenvalue weighted by molar-refractivity contribution is -0.113. The van der Waals surface area contributed by atoms with E-state index in [9.17, 15) is 4.79 Å². The average Bonchev–Trinajstić information content (AvgIpc) is 3.27. The fourth-order valence-corrected chi connectivity index (χ4v) is 4.23. The van der Waals surface area contributed by atoms with Gasteiger partial charge in [-0.1, -0.05) is 46.3 Å². The highest BCUT2D eigenvalue weighted by Gasteiger charge is 2.34. The minimum absolute atomic E-state index is 0.0839. The van der Waals surface area contributed by atoms with Crippen LogP contribution in [0.3, 0.4) is 0 Å². The maximum absolute atomic E-state index is 13.0. The van der Waals surface area contributed by atoms with Crippen molar-refractivity contribution in [1.29, 1.82) is 0 Å². The van der Waals surface area contributed by atoms with Crippen LogP contribution in [0.4, 0.5) is 10.8 Å². The van der Waals surface area contributed by atoms with Gasteiger partial charge in [0.1, 0.15) is 0 Å². The van der Waals surface area contributed by atoms with E-state index in [1.807, 2.05) is 66.1 Å². The number of benzene rings is 2. The number of carbonyl (C=O) groups excluding carboxylic acids is 1. The van der Waals surface area contributed by atoms with Crippen LogP contribution in [0.15, 0.2) is 80.5 Å². The van der Waals surface area contributed by atoms with Gasteiger partial charge in [-0.25, -0.2) is 4.98 Å². The Hall–Kier alpha value is -2.22. The number of thioether (sulfide) groups is 1. The van der Waals surface area contributed by atoms with Gasteiger partial charge >= 0.3 is 0 Å². The molecule has 1 aliphatic heterocycles. The smallest absolute Gasteiger partial charge is 0.268 e. The Labute approximate surface area is 167 Å². The molecule has 7 heteroatoms. The minimum Gasteiger partial charge on any atom is -0.268 e. The number of halogens is 1. The number of rotatable bonds is 3. The van der Waals surface area contributed by atoms with Crippen LogP contribution < -0.4 is 4.90 Å². The van der Waals surface area contributed by atoms with Crippen molar-refractivity contribution in [2.24, 2.45) is 4.99 Å². The normalized spacial score (nSPS) is 17.4. The Morgan fingerprint density at radius 2 is 1.85 bits per heavy atom. The van der Waals surface area contributed by atoms with Crippen LogP contribution in [0.1, 0.15) is 5.56 Å². The molecular formula is C19H12BrN3OS2. The number of hydrogen-bond donors (Lipinski definition) is 0. The lowest BCUT2D eigenvalue weighted by Gasteiger charge is -2.14. The fourth-order valence-electron chi connectivity index (χ4n) is 2.42. The molecule has 1 amide bonds. The second kappa shape index (κ2) is 7.57. The van der Waals surface area contributed by atoms with E-state index in [1.54, 1.807) is 11.1 Å². The zero-order valence-electron chi connectivity index (χ0n) is 13.4. The van der Waals surface area contributed by atoms with E-state index in [0.717, 1.165) is 15.7 Å². The molecule has 0 saturated carbocycles. The van der Waals surface area contributed by atoms with Gasteiger partial charge in [-0.2, -0.15) is 4.99 Å². The van der Waals surface area contributed by atoms with E-state index in [0.29, 0.717) is 15.2 Å². The van der Waals surface area contributed by atoms with Gasteiger partial charge < -0.3 is 0 Å². The van der Waals surface area contributed by atoms with Gasteiger partial charge in [0.05, 0.1) is 10.6 Å². The van der Waals surface area contributed by atoms with Crippen molar-refractivity contribution in [3.05, 3.63) is 81.1 Å². The number of hydrogen-bond acceptors (Lipinski definition) is 5. The largest absolute Gasteiger partial charge is 0.271 e. The van der Waals surface area contributed by atoms with Crippen molar-refractivity contribution < 1.29 is 4.79 Å². The van der Waals surface area contributed by atoms with Crippen molar-refractivity contribution in [1.82, 2.24) is 4.98 Å². The maximum atomic E-state index is 13.0. The topological polar surface area (TPSA) is 45.6 Å². The van der Waals surface area contributed by atoms with Crippen molar-refractivity contribution in [2.45, 2.75) is 0 Å². The van der Waals surface area contributed by atoms with Gasteiger partial charge in [0.2, 0.25) is 5.13 Å². The van der Waals surface area contributed by atoms with Gasteiger partial charge in [0.15, 0.2) is 5.17 Å². The number of thiazole rings is 1. The third-order valence-electron chi connectivity index (χ3n) is 3.60. The van der Waals surface area contributed by atoms with Gasteiger partial charge in [-0.05, 0) is 47.7 Å². The molecule has 26 heavy (non-hydrogen) atoms. The molecule has 1 saturated heterocycles. The molecule has 0 radical (unpaired) electrons. The van der Waals surface area contributed by atoms with Crippen LogP contribution in [-0.2, 0) is 4.79 Å². The Bertz CT molecular complexity index is 983. The first-order chi connectivity index (χ1) is 12.7. The predicted octanol–water partition coefficient (Wildman–Crippen LogP) is 5.71. The van der Waals surface area contributed by atoms with E-state index in [4.69, 9.17) is 0 Å². The molecule has 4 nitrogen and oxygen atoms in total. The maximum Gasteiger partial charge on any atom is 0.271 e. The molecule has 0 bridgehead atoms. The van der Waals surface area contributed by atoms with Gasteiger partial charge in [0, 0.05) is 16.0 Å². The lowest BCUT2D eigenvalue weighted by Crippen LogP contribution is -2.28. The lowest BCUT2D eigenvalue weighted by atomic mass is 10.2. The molecule has 1 aromatic heterocycles. The van der Waals surface area contributed by atoms with Crippen LogP contribution in [0.5, 0.6) is 0 Å². The molecule has 0 N–H and O–H groups in total. The zero-order valence-corrected chi connectivity index (χ0v) is 16.6. The number of para-hydroxylation sites is 1. The zero-order chi connectivity index (χ0) is 17.9. The number of nitrogens with zero attached hydrogens (tertiary/aromatic N) is 3. The van der Waals surface area contributed by atoms with Crippen molar-refractivity contribution >= 4 is 67.0 Å². The summed E-state index contributed by atoms with van der Waals surface area (Å²) in [4.78, 5) is 24.1. The standard InChI is InChI=1S/C19H12BrN3OS2/c20-14-8-6-13(7-9-14)12-16-17(24)23(15-4-2-1-3-5-15)19(26-16)22-18-21-10-11-25-18/h1-12H/b16-12-,22-19+. The quantitative estimate of drug-likeness (QED) is 0.488. The Morgan fingerprint density at radius 1 is 1.08 bits per heavy atom. The molecule has 0 aliphatic carbocycles. The SMILES string of the molecule is O=C1/C(=C/c2ccc(Br)cc2)S/C(=N/c2nccs2)N1c1ccccc1. The first kappa shape index (κ1) is 17.2. The summed E-state index contributed by atoms with van der Waals surface area (Å²) in [5.74, 6) is -0.0839. The van der Waals surface area contributed by atoms with Gasteiger partial charge in [-0.15, -0.1) is 11.3 Å². The van der Waals surface area contributed by atoms with E-state index in [1.165, 1.54) is 23.1 Å². The van der Waals surface area contributed by atoms with Crippen molar-refractivity contribution in [3.63, 3.8) is 0 Å². The van der Waals surface area contributed by atoms with Crippen LogP contribution >= 0.6 is 39.0 Å². The number of carbonyl (C=O) groups is 1. The van der Waals surface area contributed by atoms with Gasteiger partial charge in [0.25, 0.3) is 5.91 Å². The molecule has 2 aromatic carbocycles. The third kappa shape index (κ3) is 3.65. The summed E-state index contributed by atoms with van der Waals surface area (Å²) >= 11 is 6.23. The van der Waals surface area contributed by atoms with Crippen molar-refractivity contribution in [2.75, 3.05) is 4.90 Å². The summed E-state index contributed by atoms with van der Waals surface area (Å²) in [5.41, 5.74) is 1.76. The van der Waals surface area contributed by atoms with Gasteiger partial charge in [-0.3, -0.25) is 9.69 Å².